The van der Waals surface area contributed by atoms with Gasteiger partial charge in [0, 0.05) is 12.8 Å². The Balaban J connectivity index is 2.22. The monoisotopic (exact) mass is 340 g/mol. The summed E-state index contributed by atoms with van der Waals surface area (Å²) < 4.78 is 4.69. The number of nitrogens with one attached hydrogen (secondary N) is 2. The minimum Gasteiger partial charge on any atom is -0.479 e. The molecule has 0 aliphatic heterocycles. The van der Waals surface area contributed by atoms with E-state index >= 15 is 0 Å². The van der Waals surface area contributed by atoms with Crippen LogP contribution in [-0.2, 0) is 19.1 Å². The van der Waals surface area contributed by atoms with E-state index in [1.165, 1.54) is 7.11 Å². The zero-order valence-electron chi connectivity index (χ0n) is 13.0. The molecule has 23 heavy (non-hydrogen) atoms. The van der Waals surface area contributed by atoms with Gasteiger partial charge in [-0.25, -0.2) is 4.79 Å². The van der Waals surface area contributed by atoms with Crippen molar-refractivity contribution in [3.8, 4) is 0 Å². The second-order valence-electron chi connectivity index (χ2n) is 4.77. The van der Waals surface area contributed by atoms with Gasteiger partial charge in [0.05, 0.1) is 18.1 Å². The number of amides is 2. The van der Waals surface area contributed by atoms with Crippen LogP contribution in [0, 0.1) is 6.92 Å². The minimum absolute atomic E-state index is 0.0668. The highest BCUT2D eigenvalue weighted by atomic mass is 32.2. The Labute approximate surface area is 138 Å². The highest BCUT2D eigenvalue weighted by Gasteiger charge is 2.17. The van der Waals surface area contributed by atoms with Crippen molar-refractivity contribution in [1.82, 2.24) is 5.32 Å². The maximum absolute atomic E-state index is 11.7. The number of carboxylic acid groups (broad SMARTS) is 1. The first kappa shape index (κ1) is 19.0. The number of hydrogen-bond acceptors (Lipinski definition) is 5. The predicted molar refractivity (Wildman–Crippen MR) is 88.6 cm³/mol. The van der Waals surface area contributed by atoms with Crippen LogP contribution in [0.2, 0.25) is 0 Å². The van der Waals surface area contributed by atoms with Crippen molar-refractivity contribution in [3.05, 3.63) is 29.8 Å². The molecule has 0 aliphatic rings. The average molecular weight is 340 g/mol. The van der Waals surface area contributed by atoms with E-state index in [2.05, 4.69) is 10.6 Å². The first-order valence-corrected chi connectivity index (χ1v) is 8.04. The van der Waals surface area contributed by atoms with Crippen LogP contribution in [0.4, 0.5) is 5.69 Å². The van der Waals surface area contributed by atoms with Gasteiger partial charge in [-0.3, -0.25) is 9.59 Å². The Kier molecular flexibility index (Phi) is 8.14. The number of carbonyl (C=O) groups is 3. The van der Waals surface area contributed by atoms with Crippen molar-refractivity contribution in [2.45, 2.75) is 13.0 Å². The summed E-state index contributed by atoms with van der Waals surface area (Å²) in [5, 5.41) is 13.9. The molecule has 0 aromatic heterocycles. The maximum Gasteiger partial charge on any atom is 0.334 e. The van der Waals surface area contributed by atoms with E-state index in [4.69, 9.17) is 9.84 Å². The van der Waals surface area contributed by atoms with E-state index in [1.54, 1.807) is 12.1 Å². The highest BCUT2D eigenvalue weighted by Crippen LogP contribution is 2.09. The second kappa shape index (κ2) is 9.86. The lowest BCUT2D eigenvalue weighted by molar-refractivity contribution is -0.148. The number of carboxylic acids is 1. The summed E-state index contributed by atoms with van der Waals surface area (Å²) in [6.45, 7) is 1.85. The molecule has 0 radical (unpaired) electrons. The summed E-state index contributed by atoms with van der Waals surface area (Å²) in [7, 11) is 1.26. The van der Waals surface area contributed by atoms with E-state index in [0.29, 0.717) is 5.69 Å². The van der Waals surface area contributed by atoms with Gasteiger partial charge in [-0.15, -0.1) is 11.8 Å². The summed E-state index contributed by atoms with van der Waals surface area (Å²) >= 11 is 1.15. The Morgan fingerprint density at radius 2 is 1.78 bits per heavy atom. The van der Waals surface area contributed by atoms with Crippen LogP contribution in [0.15, 0.2) is 24.3 Å². The topological polar surface area (TPSA) is 105 Å². The Morgan fingerprint density at radius 3 is 2.35 bits per heavy atom. The number of aryl methyl sites for hydroxylation is 1. The molecule has 0 saturated heterocycles. The molecule has 1 rings (SSSR count). The third-order valence-corrected chi connectivity index (χ3v) is 3.78. The third kappa shape index (κ3) is 7.66. The molecule has 1 aromatic carbocycles. The van der Waals surface area contributed by atoms with E-state index in [-0.39, 0.29) is 29.9 Å². The fourth-order valence-corrected chi connectivity index (χ4v) is 2.25. The van der Waals surface area contributed by atoms with Crippen molar-refractivity contribution in [3.63, 3.8) is 0 Å². The van der Waals surface area contributed by atoms with Crippen molar-refractivity contribution in [1.29, 1.82) is 0 Å². The molecule has 126 valence electrons. The maximum atomic E-state index is 11.7. The molecule has 1 aromatic rings. The third-order valence-electron chi connectivity index (χ3n) is 2.85. The van der Waals surface area contributed by atoms with Crippen LogP contribution < -0.4 is 10.6 Å². The van der Waals surface area contributed by atoms with E-state index in [1.807, 2.05) is 19.1 Å². The molecule has 0 fully saturated rings. The molecular formula is C15H20N2O5S. The number of hydrogen-bond donors (Lipinski definition) is 3. The smallest absolute Gasteiger partial charge is 0.334 e. The SMILES string of the molecule is COC(CNC(=O)CSCC(=O)Nc1ccc(C)cc1)C(=O)O. The summed E-state index contributed by atoms with van der Waals surface area (Å²) in [6.07, 6.45) is -1.08. The minimum atomic E-state index is -1.14. The van der Waals surface area contributed by atoms with Gasteiger partial charge in [0.2, 0.25) is 11.8 Å². The molecular weight excluding hydrogens is 320 g/mol. The lowest BCUT2D eigenvalue weighted by atomic mass is 10.2. The zero-order chi connectivity index (χ0) is 17.2. The van der Waals surface area contributed by atoms with Gasteiger partial charge in [-0.2, -0.15) is 0 Å². The molecule has 0 saturated carbocycles. The largest absolute Gasteiger partial charge is 0.479 e. The molecule has 1 unspecified atom stereocenters. The summed E-state index contributed by atoms with van der Waals surface area (Å²) in [4.78, 5) is 34.0. The van der Waals surface area contributed by atoms with Gasteiger partial charge < -0.3 is 20.5 Å². The normalized spacial score (nSPS) is 11.6. The number of benzene rings is 1. The van der Waals surface area contributed by atoms with Crippen molar-refractivity contribution < 1.29 is 24.2 Å². The van der Waals surface area contributed by atoms with Gasteiger partial charge in [0.1, 0.15) is 0 Å². The van der Waals surface area contributed by atoms with Gasteiger partial charge in [0.15, 0.2) is 6.10 Å². The number of aliphatic carboxylic acids is 1. The molecule has 8 heteroatoms. The van der Waals surface area contributed by atoms with Gasteiger partial charge in [0.25, 0.3) is 0 Å². The lowest BCUT2D eigenvalue weighted by Gasteiger charge is -2.11. The van der Waals surface area contributed by atoms with Crippen LogP contribution in [0.3, 0.4) is 0 Å². The van der Waals surface area contributed by atoms with Gasteiger partial charge in [-0.1, -0.05) is 17.7 Å². The quantitative estimate of drug-likeness (QED) is 0.616. The van der Waals surface area contributed by atoms with Crippen LogP contribution in [0.1, 0.15) is 5.56 Å². The Hall–Kier alpha value is -2.06. The average Bonchev–Trinajstić information content (AvgIpc) is 2.50. The first-order valence-electron chi connectivity index (χ1n) is 6.89. The number of ether oxygens (including phenoxy) is 1. The molecule has 0 heterocycles. The number of carbonyl (C=O) groups excluding carboxylic acids is 2. The fourth-order valence-electron chi connectivity index (χ4n) is 1.60. The second-order valence-corrected chi connectivity index (χ2v) is 5.76. The molecule has 7 nitrogen and oxygen atoms in total. The standard InChI is InChI=1S/C15H20N2O5S/c1-10-3-5-11(6-4-10)17-14(19)9-23-8-13(18)16-7-12(22-2)15(20)21/h3-6,12H,7-9H2,1-2H3,(H,16,18)(H,17,19)(H,20,21). The summed E-state index contributed by atoms with van der Waals surface area (Å²) in [5.41, 5.74) is 1.81. The lowest BCUT2D eigenvalue weighted by Crippen LogP contribution is -2.38. The Morgan fingerprint density at radius 1 is 1.17 bits per heavy atom. The number of methoxy groups -OCH3 is 1. The van der Waals surface area contributed by atoms with Gasteiger partial charge >= 0.3 is 5.97 Å². The molecule has 1 atom stereocenters. The van der Waals surface area contributed by atoms with Crippen LogP contribution >= 0.6 is 11.8 Å². The van der Waals surface area contributed by atoms with E-state index in [9.17, 15) is 14.4 Å². The highest BCUT2D eigenvalue weighted by molar-refractivity contribution is 8.00. The number of anilines is 1. The molecule has 3 N–H and O–H groups in total. The number of rotatable bonds is 9. The molecule has 0 spiro atoms. The van der Waals surface area contributed by atoms with Gasteiger partial charge in [-0.05, 0) is 19.1 Å². The first-order chi connectivity index (χ1) is 10.9. The van der Waals surface area contributed by atoms with Crippen molar-refractivity contribution in [2.75, 3.05) is 30.5 Å². The van der Waals surface area contributed by atoms with Crippen molar-refractivity contribution in [2.24, 2.45) is 0 Å². The molecule has 2 amide bonds. The van der Waals surface area contributed by atoms with E-state index < -0.39 is 12.1 Å². The van der Waals surface area contributed by atoms with Crippen LogP contribution in [0.25, 0.3) is 0 Å². The Bertz CT molecular complexity index is 547. The van der Waals surface area contributed by atoms with E-state index in [0.717, 1.165) is 17.3 Å². The summed E-state index contributed by atoms with van der Waals surface area (Å²) in [5.74, 6) is -1.49. The molecule has 0 bridgehead atoms. The molecule has 0 aliphatic carbocycles. The van der Waals surface area contributed by atoms with Crippen molar-refractivity contribution >= 4 is 35.2 Å². The zero-order valence-corrected chi connectivity index (χ0v) is 13.8. The fraction of sp³-hybridized carbons (Fsp3) is 0.400. The van der Waals surface area contributed by atoms with Crippen LogP contribution in [-0.4, -0.2) is 54.2 Å². The summed E-state index contributed by atoms with van der Waals surface area (Å²) in [6, 6.07) is 7.40. The van der Waals surface area contributed by atoms with Crippen LogP contribution in [0.5, 0.6) is 0 Å². The number of thioether (sulfide) groups is 1. The predicted octanol–water partition coefficient (Wildman–Crippen LogP) is 0.883.